The number of nitrogen functional groups attached to an aromatic ring is 1. The van der Waals surface area contributed by atoms with Crippen LogP contribution in [-0.4, -0.2) is 27.2 Å². The van der Waals surface area contributed by atoms with Crippen molar-refractivity contribution in [3.8, 4) is 0 Å². The van der Waals surface area contributed by atoms with Crippen LogP contribution in [0.4, 0.5) is 5.95 Å². The molecule has 84 valence electrons. The van der Waals surface area contributed by atoms with Gasteiger partial charge in [0.15, 0.2) is 4.73 Å². The first-order valence-corrected chi connectivity index (χ1v) is 5.55. The molecule has 0 radical (unpaired) electrons. The zero-order valence-electron chi connectivity index (χ0n) is 8.53. The van der Waals surface area contributed by atoms with E-state index in [2.05, 4.69) is 38.3 Å². The lowest BCUT2D eigenvalue weighted by Crippen LogP contribution is -2.28. The Balaban J connectivity index is 2.41. The first-order chi connectivity index (χ1) is 7.13. The third-order valence-corrected chi connectivity index (χ3v) is 2.38. The molecule has 1 rings (SSSR count). The van der Waals surface area contributed by atoms with Crippen LogP contribution in [0, 0.1) is 0 Å². The summed E-state index contributed by atoms with van der Waals surface area (Å²) in [6, 6.07) is 0. The van der Waals surface area contributed by atoms with Gasteiger partial charge in [-0.1, -0.05) is 13.3 Å². The van der Waals surface area contributed by atoms with E-state index in [9.17, 15) is 4.79 Å². The molecule has 0 aliphatic rings. The van der Waals surface area contributed by atoms with Gasteiger partial charge in [0.25, 0.3) is 0 Å². The molecule has 0 fully saturated rings. The van der Waals surface area contributed by atoms with Crippen molar-refractivity contribution in [2.45, 2.75) is 26.3 Å². The summed E-state index contributed by atoms with van der Waals surface area (Å²) in [6.45, 7) is 2.90. The molecule has 0 aliphatic carbocycles. The van der Waals surface area contributed by atoms with E-state index >= 15 is 0 Å². The second kappa shape index (κ2) is 5.69. The van der Waals surface area contributed by atoms with Crippen molar-refractivity contribution < 1.29 is 4.79 Å². The molecular formula is C8H14BrN5O. The van der Waals surface area contributed by atoms with Crippen molar-refractivity contribution in [1.29, 1.82) is 0 Å². The van der Waals surface area contributed by atoms with E-state index in [4.69, 9.17) is 5.73 Å². The van der Waals surface area contributed by atoms with E-state index in [1.165, 1.54) is 4.68 Å². The predicted octanol–water partition coefficient (Wildman–Crippen LogP) is 0.539. The first-order valence-electron chi connectivity index (χ1n) is 4.76. The number of aromatic nitrogens is 3. The van der Waals surface area contributed by atoms with Crippen LogP contribution < -0.4 is 11.1 Å². The van der Waals surface area contributed by atoms with E-state index in [0.717, 1.165) is 12.8 Å². The third-order valence-electron chi connectivity index (χ3n) is 1.79. The summed E-state index contributed by atoms with van der Waals surface area (Å²) in [5.41, 5.74) is 5.37. The van der Waals surface area contributed by atoms with Crippen LogP contribution in [0.3, 0.4) is 0 Å². The van der Waals surface area contributed by atoms with Gasteiger partial charge in [0.1, 0.15) is 6.54 Å². The van der Waals surface area contributed by atoms with E-state index in [1.807, 2.05) is 0 Å². The van der Waals surface area contributed by atoms with E-state index < -0.39 is 0 Å². The number of carbonyl (C=O) groups excluding carboxylic acids is 1. The molecule has 0 atom stereocenters. The molecule has 0 bridgehead atoms. The number of anilines is 1. The molecule has 0 unspecified atom stereocenters. The number of halogens is 1. The summed E-state index contributed by atoms with van der Waals surface area (Å²) in [7, 11) is 0. The average molecular weight is 276 g/mol. The molecule has 3 N–H and O–H groups in total. The zero-order valence-corrected chi connectivity index (χ0v) is 10.1. The van der Waals surface area contributed by atoms with Gasteiger partial charge in [-0.05, 0) is 22.4 Å². The molecule has 15 heavy (non-hydrogen) atoms. The van der Waals surface area contributed by atoms with Gasteiger partial charge in [-0.2, -0.15) is 4.98 Å². The number of nitrogens with zero attached hydrogens (tertiary/aromatic N) is 3. The normalized spacial score (nSPS) is 10.3. The Labute approximate surface area is 96.4 Å². The van der Waals surface area contributed by atoms with E-state index in [1.54, 1.807) is 0 Å². The third kappa shape index (κ3) is 3.86. The highest BCUT2D eigenvalue weighted by atomic mass is 79.9. The molecule has 1 aromatic rings. The van der Waals surface area contributed by atoms with Crippen molar-refractivity contribution in [3.05, 3.63) is 4.73 Å². The Morgan fingerprint density at radius 2 is 2.40 bits per heavy atom. The van der Waals surface area contributed by atoms with E-state index in [-0.39, 0.29) is 18.4 Å². The van der Waals surface area contributed by atoms with Crippen LogP contribution in [-0.2, 0) is 11.3 Å². The average Bonchev–Trinajstić information content (AvgIpc) is 2.45. The minimum Gasteiger partial charge on any atom is -0.366 e. The number of rotatable bonds is 5. The van der Waals surface area contributed by atoms with Crippen LogP contribution in [0.2, 0.25) is 0 Å². The number of nitrogens with one attached hydrogen (secondary N) is 1. The lowest BCUT2D eigenvalue weighted by molar-refractivity contribution is -0.121. The molecule has 1 amide bonds. The van der Waals surface area contributed by atoms with Crippen LogP contribution in [0.25, 0.3) is 0 Å². The summed E-state index contributed by atoms with van der Waals surface area (Å²) in [5, 5.41) is 6.63. The van der Waals surface area contributed by atoms with Gasteiger partial charge < -0.3 is 11.1 Å². The monoisotopic (exact) mass is 275 g/mol. The number of carbonyl (C=O) groups is 1. The number of nitrogens with two attached hydrogens (primary N) is 1. The topological polar surface area (TPSA) is 85.8 Å². The minimum absolute atomic E-state index is 0.0888. The Kier molecular flexibility index (Phi) is 4.54. The van der Waals surface area contributed by atoms with Gasteiger partial charge in [-0.15, -0.1) is 5.10 Å². The number of hydrogen-bond donors (Lipinski definition) is 2. The smallest absolute Gasteiger partial charge is 0.241 e. The number of amides is 1. The SMILES string of the molecule is CCCCNC(=O)Cn1nc(N)nc1Br. The minimum atomic E-state index is -0.0888. The van der Waals surface area contributed by atoms with Crippen LogP contribution in [0.5, 0.6) is 0 Å². The molecular weight excluding hydrogens is 262 g/mol. The van der Waals surface area contributed by atoms with Gasteiger partial charge >= 0.3 is 0 Å². The van der Waals surface area contributed by atoms with Crippen molar-refractivity contribution in [2.75, 3.05) is 12.3 Å². The maximum absolute atomic E-state index is 11.4. The molecule has 0 saturated carbocycles. The van der Waals surface area contributed by atoms with E-state index in [0.29, 0.717) is 11.3 Å². The summed E-state index contributed by atoms with van der Waals surface area (Å²) in [4.78, 5) is 15.2. The fraction of sp³-hybridized carbons (Fsp3) is 0.625. The standard InChI is InChI=1S/C8H14BrN5O/c1-2-3-4-11-6(15)5-14-7(9)12-8(10)13-14/h2-5H2,1H3,(H2,10,13)(H,11,15). The fourth-order valence-corrected chi connectivity index (χ4v) is 1.42. The Hall–Kier alpha value is -1.11. The quantitative estimate of drug-likeness (QED) is 0.768. The summed E-state index contributed by atoms with van der Waals surface area (Å²) in [5.74, 6) is 0.0669. The highest BCUT2D eigenvalue weighted by Crippen LogP contribution is 2.07. The van der Waals surface area contributed by atoms with Gasteiger partial charge in [-0.3, -0.25) is 4.79 Å². The molecule has 0 spiro atoms. The molecule has 1 aromatic heterocycles. The molecule has 0 aliphatic heterocycles. The van der Waals surface area contributed by atoms with Crippen LogP contribution >= 0.6 is 15.9 Å². The highest BCUT2D eigenvalue weighted by Gasteiger charge is 2.08. The fourth-order valence-electron chi connectivity index (χ4n) is 1.04. The number of hydrogen-bond acceptors (Lipinski definition) is 4. The van der Waals surface area contributed by atoms with Crippen molar-refractivity contribution >= 4 is 27.8 Å². The maximum Gasteiger partial charge on any atom is 0.241 e. The van der Waals surface area contributed by atoms with Crippen LogP contribution in [0.15, 0.2) is 4.73 Å². The number of unbranched alkanes of at least 4 members (excludes halogenated alkanes) is 1. The highest BCUT2D eigenvalue weighted by molar-refractivity contribution is 9.10. The lowest BCUT2D eigenvalue weighted by Gasteiger charge is -2.04. The first kappa shape index (κ1) is 12.0. The molecule has 0 aromatic carbocycles. The Morgan fingerprint density at radius 3 is 2.93 bits per heavy atom. The molecule has 0 saturated heterocycles. The van der Waals surface area contributed by atoms with Crippen LogP contribution in [0.1, 0.15) is 19.8 Å². The van der Waals surface area contributed by atoms with Gasteiger partial charge in [0, 0.05) is 6.54 Å². The summed E-state index contributed by atoms with van der Waals surface area (Å²) < 4.78 is 1.88. The van der Waals surface area contributed by atoms with Gasteiger partial charge in [0.2, 0.25) is 11.9 Å². The zero-order chi connectivity index (χ0) is 11.3. The lowest BCUT2D eigenvalue weighted by atomic mass is 10.3. The Bertz CT molecular complexity index is 338. The predicted molar refractivity (Wildman–Crippen MR) is 60.1 cm³/mol. The van der Waals surface area contributed by atoms with Gasteiger partial charge in [-0.25, -0.2) is 4.68 Å². The second-order valence-corrected chi connectivity index (χ2v) is 3.81. The summed E-state index contributed by atoms with van der Waals surface area (Å²) >= 11 is 3.16. The second-order valence-electron chi connectivity index (χ2n) is 3.10. The molecule has 1 heterocycles. The van der Waals surface area contributed by atoms with Gasteiger partial charge in [0.05, 0.1) is 0 Å². The maximum atomic E-state index is 11.4. The van der Waals surface area contributed by atoms with Crippen molar-refractivity contribution in [3.63, 3.8) is 0 Å². The largest absolute Gasteiger partial charge is 0.366 e. The van der Waals surface area contributed by atoms with Crippen molar-refractivity contribution in [2.24, 2.45) is 0 Å². The Morgan fingerprint density at radius 1 is 1.67 bits per heavy atom. The van der Waals surface area contributed by atoms with Crippen molar-refractivity contribution in [1.82, 2.24) is 20.1 Å². The summed E-state index contributed by atoms with van der Waals surface area (Å²) in [6.07, 6.45) is 2.03. The molecule has 6 nitrogen and oxygen atoms in total. The molecule has 7 heteroatoms.